The van der Waals surface area contributed by atoms with E-state index in [9.17, 15) is 4.39 Å². The molecule has 1 aliphatic rings. The van der Waals surface area contributed by atoms with E-state index in [-0.39, 0.29) is 12.6 Å². The predicted molar refractivity (Wildman–Crippen MR) is 98.3 cm³/mol. The van der Waals surface area contributed by atoms with Gasteiger partial charge < -0.3 is 9.47 Å². The highest BCUT2D eigenvalue weighted by Gasteiger charge is 2.15. The van der Waals surface area contributed by atoms with Crippen molar-refractivity contribution in [1.29, 1.82) is 0 Å². The molecule has 0 saturated carbocycles. The number of thioether (sulfide) groups is 1. The van der Waals surface area contributed by atoms with Crippen molar-refractivity contribution in [3.63, 3.8) is 0 Å². The minimum Gasteiger partial charge on any atom is -0.454 e. The molecule has 0 atom stereocenters. The zero-order chi connectivity index (χ0) is 18.2. The highest BCUT2D eigenvalue weighted by atomic mass is 32.2. The summed E-state index contributed by atoms with van der Waals surface area (Å²) in [6, 6.07) is 16.0. The van der Waals surface area contributed by atoms with Crippen LogP contribution in [0.1, 0.15) is 5.56 Å². The van der Waals surface area contributed by atoms with E-state index in [1.165, 1.54) is 23.9 Å². The van der Waals surface area contributed by atoms with Crippen molar-refractivity contribution in [2.45, 2.75) is 10.9 Å². The van der Waals surface area contributed by atoms with Gasteiger partial charge in [-0.1, -0.05) is 23.9 Å². The van der Waals surface area contributed by atoms with Crippen molar-refractivity contribution in [3.8, 4) is 22.8 Å². The summed E-state index contributed by atoms with van der Waals surface area (Å²) >= 11 is 1.46. The molecule has 0 amide bonds. The summed E-state index contributed by atoms with van der Waals surface area (Å²) in [6.45, 7) is 0.234. The molecule has 0 saturated heterocycles. The maximum Gasteiger partial charge on any atom is 0.231 e. The molecule has 3 heterocycles. The van der Waals surface area contributed by atoms with Crippen LogP contribution < -0.4 is 9.47 Å². The summed E-state index contributed by atoms with van der Waals surface area (Å²) in [5.74, 6) is 1.77. The molecule has 27 heavy (non-hydrogen) atoms. The minimum atomic E-state index is -0.248. The lowest BCUT2D eigenvalue weighted by Gasteiger charge is -2.04. The van der Waals surface area contributed by atoms with E-state index < -0.39 is 0 Å². The van der Waals surface area contributed by atoms with Crippen LogP contribution in [0.2, 0.25) is 0 Å². The normalized spacial score (nSPS) is 12.6. The number of hydrogen-bond donors (Lipinski definition) is 0. The summed E-state index contributed by atoms with van der Waals surface area (Å²) in [4.78, 5) is 0. The van der Waals surface area contributed by atoms with Gasteiger partial charge in [-0.25, -0.2) is 4.39 Å². The van der Waals surface area contributed by atoms with Crippen molar-refractivity contribution < 1.29 is 13.9 Å². The largest absolute Gasteiger partial charge is 0.454 e. The fourth-order valence-corrected chi connectivity index (χ4v) is 3.67. The number of halogens is 1. The molecule has 0 spiro atoms. The third kappa shape index (κ3) is 3.08. The van der Waals surface area contributed by atoms with Crippen molar-refractivity contribution in [1.82, 2.24) is 19.8 Å². The number of benzene rings is 2. The number of hydrogen-bond acceptors (Lipinski definition) is 6. The van der Waals surface area contributed by atoms with Crippen LogP contribution in [0, 0.1) is 5.82 Å². The molecule has 2 aromatic carbocycles. The molecule has 0 fully saturated rings. The molecule has 6 nitrogen and oxygen atoms in total. The Morgan fingerprint density at radius 1 is 1.00 bits per heavy atom. The summed E-state index contributed by atoms with van der Waals surface area (Å²) < 4.78 is 25.8. The molecule has 0 aliphatic carbocycles. The topological polar surface area (TPSA) is 61.5 Å². The van der Waals surface area contributed by atoms with E-state index in [2.05, 4.69) is 15.3 Å². The van der Waals surface area contributed by atoms with E-state index >= 15 is 0 Å². The van der Waals surface area contributed by atoms with E-state index in [0.29, 0.717) is 22.3 Å². The first-order chi connectivity index (χ1) is 13.3. The van der Waals surface area contributed by atoms with E-state index in [1.54, 1.807) is 10.6 Å². The lowest BCUT2D eigenvalue weighted by molar-refractivity contribution is 0.174. The second kappa shape index (κ2) is 6.55. The third-order valence-electron chi connectivity index (χ3n) is 4.16. The lowest BCUT2D eigenvalue weighted by Crippen LogP contribution is -1.97. The van der Waals surface area contributed by atoms with Crippen LogP contribution in [-0.2, 0) is 5.75 Å². The molecule has 0 bridgehead atoms. The zero-order valence-corrected chi connectivity index (χ0v) is 14.8. The fraction of sp³-hybridized carbons (Fsp3) is 0.105. The average molecular weight is 380 g/mol. The minimum absolute atomic E-state index is 0.234. The summed E-state index contributed by atoms with van der Waals surface area (Å²) in [7, 11) is 0. The maximum atomic E-state index is 13.3. The molecule has 0 N–H and O–H groups in total. The zero-order valence-electron chi connectivity index (χ0n) is 14.0. The van der Waals surface area contributed by atoms with Crippen LogP contribution in [0.3, 0.4) is 0 Å². The van der Waals surface area contributed by atoms with Gasteiger partial charge in [-0.05, 0) is 48.0 Å². The van der Waals surface area contributed by atoms with Crippen molar-refractivity contribution >= 4 is 17.4 Å². The Kier molecular flexibility index (Phi) is 3.90. The molecule has 5 rings (SSSR count). The van der Waals surface area contributed by atoms with Gasteiger partial charge in [0, 0.05) is 11.3 Å². The average Bonchev–Trinajstić information content (AvgIpc) is 3.32. The van der Waals surface area contributed by atoms with Gasteiger partial charge in [0.15, 0.2) is 17.1 Å². The molecule has 0 radical (unpaired) electrons. The Morgan fingerprint density at radius 3 is 2.85 bits per heavy atom. The highest BCUT2D eigenvalue weighted by molar-refractivity contribution is 7.98. The Morgan fingerprint density at radius 2 is 1.93 bits per heavy atom. The van der Waals surface area contributed by atoms with Crippen LogP contribution in [0.5, 0.6) is 11.5 Å². The van der Waals surface area contributed by atoms with Crippen LogP contribution >= 0.6 is 11.8 Å². The summed E-state index contributed by atoms with van der Waals surface area (Å²) in [6.07, 6.45) is 0. The van der Waals surface area contributed by atoms with Crippen molar-refractivity contribution in [2.24, 2.45) is 0 Å². The molecule has 2 aromatic heterocycles. The monoisotopic (exact) mass is 380 g/mol. The van der Waals surface area contributed by atoms with Crippen LogP contribution in [-0.4, -0.2) is 26.6 Å². The first-order valence-corrected chi connectivity index (χ1v) is 9.24. The number of fused-ring (bicyclic) bond motifs is 2. The predicted octanol–water partition coefficient (Wildman–Crippen LogP) is 3.95. The highest BCUT2D eigenvalue weighted by Crippen LogP contribution is 2.35. The van der Waals surface area contributed by atoms with E-state index in [0.717, 1.165) is 22.6 Å². The Balaban J connectivity index is 1.45. The molecular weight excluding hydrogens is 367 g/mol. The van der Waals surface area contributed by atoms with E-state index in [1.807, 2.05) is 36.4 Å². The summed E-state index contributed by atoms with van der Waals surface area (Å²) in [5.41, 5.74) is 3.22. The van der Waals surface area contributed by atoms with Gasteiger partial charge in [-0.15, -0.1) is 10.2 Å². The smallest absolute Gasteiger partial charge is 0.231 e. The molecular formula is C19H13FN4O2S. The number of ether oxygens (including phenoxy) is 2. The van der Waals surface area contributed by atoms with Crippen molar-refractivity contribution in [2.75, 3.05) is 6.79 Å². The molecule has 8 heteroatoms. The van der Waals surface area contributed by atoms with Gasteiger partial charge in [0.1, 0.15) is 5.82 Å². The third-order valence-corrected chi connectivity index (χ3v) is 5.15. The fourth-order valence-electron chi connectivity index (χ4n) is 2.84. The van der Waals surface area contributed by atoms with Crippen LogP contribution in [0.4, 0.5) is 4.39 Å². The van der Waals surface area contributed by atoms with Crippen LogP contribution in [0.15, 0.2) is 59.8 Å². The first-order valence-electron chi connectivity index (χ1n) is 8.26. The SMILES string of the molecule is Fc1cccc(CSc2nnc3ccc(-c4ccc5c(c4)OCO5)nn23)c1. The standard InChI is InChI=1S/C19H13FN4O2S/c20-14-3-1-2-12(8-14)10-27-19-22-21-18-7-5-15(23-24(18)19)13-4-6-16-17(9-13)26-11-25-16/h1-9H,10-11H2. The van der Waals surface area contributed by atoms with E-state index in [4.69, 9.17) is 9.47 Å². The molecule has 0 unspecified atom stereocenters. The Hall–Kier alpha value is -3.13. The quantitative estimate of drug-likeness (QED) is 0.500. The van der Waals surface area contributed by atoms with Gasteiger partial charge in [0.05, 0.1) is 5.69 Å². The van der Waals surface area contributed by atoms with Gasteiger partial charge in [-0.2, -0.15) is 9.61 Å². The lowest BCUT2D eigenvalue weighted by atomic mass is 10.1. The Labute approximate surface area is 157 Å². The van der Waals surface area contributed by atoms with Gasteiger partial charge in [0.25, 0.3) is 0 Å². The number of rotatable bonds is 4. The Bertz CT molecular complexity index is 1150. The number of aromatic nitrogens is 4. The second-order valence-electron chi connectivity index (χ2n) is 5.96. The second-order valence-corrected chi connectivity index (χ2v) is 6.90. The van der Waals surface area contributed by atoms with Gasteiger partial charge in [0.2, 0.25) is 11.9 Å². The van der Waals surface area contributed by atoms with Gasteiger partial charge >= 0.3 is 0 Å². The maximum absolute atomic E-state index is 13.3. The molecule has 4 aromatic rings. The molecule has 134 valence electrons. The summed E-state index contributed by atoms with van der Waals surface area (Å²) in [5, 5.41) is 13.7. The molecule has 1 aliphatic heterocycles. The van der Waals surface area contributed by atoms with Gasteiger partial charge in [-0.3, -0.25) is 0 Å². The van der Waals surface area contributed by atoms with Crippen LogP contribution in [0.25, 0.3) is 16.9 Å². The first kappa shape index (κ1) is 16.1. The number of nitrogens with zero attached hydrogens (tertiary/aromatic N) is 4. The van der Waals surface area contributed by atoms with Crippen molar-refractivity contribution in [3.05, 3.63) is 66.0 Å².